The van der Waals surface area contributed by atoms with Crippen LogP contribution in [0, 0.1) is 5.82 Å². The molecule has 8 heteroatoms. The molecule has 0 spiro atoms. The Hall–Kier alpha value is -1.96. The highest BCUT2D eigenvalue weighted by Gasteiger charge is 2.10. The van der Waals surface area contributed by atoms with Crippen molar-refractivity contribution in [1.29, 1.82) is 0 Å². The van der Waals surface area contributed by atoms with Gasteiger partial charge < -0.3 is 15.8 Å². The molecule has 0 aliphatic heterocycles. The standard InChI is InChI=1S/C12H13BrFN5O/c1-6(2)20-12-18-10(15)17-11(19-12)16-9-5-7(13)3-4-8(9)14/h3-6H,1-2H3,(H3,15,16,17,18,19). The van der Waals surface area contributed by atoms with Gasteiger partial charge in [-0.2, -0.15) is 15.0 Å². The van der Waals surface area contributed by atoms with E-state index in [1.54, 1.807) is 12.1 Å². The highest BCUT2D eigenvalue weighted by atomic mass is 79.9. The van der Waals surface area contributed by atoms with Crippen molar-refractivity contribution < 1.29 is 9.13 Å². The third-order valence-electron chi connectivity index (χ3n) is 2.15. The first-order chi connectivity index (χ1) is 9.44. The predicted molar refractivity (Wildman–Crippen MR) is 77.4 cm³/mol. The van der Waals surface area contributed by atoms with E-state index in [2.05, 4.69) is 36.2 Å². The van der Waals surface area contributed by atoms with Crippen LogP contribution in [0.5, 0.6) is 6.01 Å². The summed E-state index contributed by atoms with van der Waals surface area (Å²) in [6.45, 7) is 3.67. The molecule has 0 amide bonds. The van der Waals surface area contributed by atoms with Crippen LogP contribution in [-0.4, -0.2) is 21.1 Å². The highest BCUT2D eigenvalue weighted by molar-refractivity contribution is 9.10. The lowest BCUT2D eigenvalue weighted by molar-refractivity contribution is 0.222. The fourth-order valence-corrected chi connectivity index (χ4v) is 1.77. The average molecular weight is 342 g/mol. The summed E-state index contributed by atoms with van der Waals surface area (Å²) in [6, 6.07) is 4.57. The minimum atomic E-state index is -0.432. The van der Waals surface area contributed by atoms with Gasteiger partial charge in [0.05, 0.1) is 11.8 Å². The summed E-state index contributed by atoms with van der Waals surface area (Å²) in [4.78, 5) is 11.8. The number of rotatable bonds is 4. The molecule has 3 N–H and O–H groups in total. The second kappa shape index (κ2) is 6.00. The van der Waals surface area contributed by atoms with Crippen molar-refractivity contribution in [3.63, 3.8) is 0 Å². The van der Waals surface area contributed by atoms with Crippen molar-refractivity contribution in [1.82, 2.24) is 15.0 Å². The van der Waals surface area contributed by atoms with Crippen molar-refractivity contribution in [3.05, 3.63) is 28.5 Å². The molecule has 2 rings (SSSR count). The number of anilines is 3. The molecule has 0 aliphatic carbocycles. The Balaban J connectivity index is 2.28. The summed E-state index contributed by atoms with van der Waals surface area (Å²) in [5, 5.41) is 2.74. The molecule has 1 aromatic carbocycles. The lowest BCUT2D eigenvalue weighted by atomic mass is 10.3. The molecule has 20 heavy (non-hydrogen) atoms. The molecule has 0 atom stereocenters. The lowest BCUT2D eigenvalue weighted by Gasteiger charge is -2.10. The maximum atomic E-state index is 13.6. The van der Waals surface area contributed by atoms with Gasteiger partial charge in [-0.3, -0.25) is 0 Å². The van der Waals surface area contributed by atoms with Crippen LogP contribution >= 0.6 is 15.9 Å². The van der Waals surface area contributed by atoms with E-state index in [9.17, 15) is 4.39 Å². The summed E-state index contributed by atoms with van der Waals surface area (Å²) in [6.07, 6.45) is -0.104. The SMILES string of the molecule is CC(C)Oc1nc(N)nc(Nc2cc(Br)ccc2F)n1. The van der Waals surface area contributed by atoms with E-state index in [-0.39, 0.29) is 29.7 Å². The van der Waals surface area contributed by atoms with Crippen LogP contribution in [0.15, 0.2) is 22.7 Å². The Kier molecular flexibility index (Phi) is 4.33. The molecule has 106 valence electrons. The minimum absolute atomic E-state index is 0.00597. The Morgan fingerprint density at radius 2 is 2.05 bits per heavy atom. The number of ether oxygens (including phenoxy) is 1. The number of hydrogen-bond acceptors (Lipinski definition) is 6. The van der Waals surface area contributed by atoms with Crippen molar-refractivity contribution in [2.45, 2.75) is 20.0 Å². The van der Waals surface area contributed by atoms with Gasteiger partial charge >= 0.3 is 6.01 Å². The van der Waals surface area contributed by atoms with Crippen molar-refractivity contribution >= 4 is 33.5 Å². The summed E-state index contributed by atoms with van der Waals surface area (Å²) in [7, 11) is 0. The topological polar surface area (TPSA) is 86.0 Å². The molecule has 2 aromatic rings. The van der Waals surface area contributed by atoms with E-state index in [1.165, 1.54) is 6.07 Å². The molecule has 0 saturated heterocycles. The first-order valence-electron chi connectivity index (χ1n) is 5.84. The number of nitrogens with zero attached hydrogens (tertiary/aromatic N) is 3. The monoisotopic (exact) mass is 341 g/mol. The first-order valence-corrected chi connectivity index (χ1v) is 6.63. The number of nitrogens with one attached hydrogen (secondary N) is 1. The second-order valence-electron chi connectivity index (χ2n) is 4.22. The lowest BCUT2D eigenvalue weighted by Crippen LogP contribution is -2.12. The molecule has 1 aromatic heterocycles. The van der Waals surface area contributed by atoms with Crippen molar-refractivity contribution in [2.24, 2.45) is 0 Å². The normalized spacial score (nSPS) is 10.7. The number of nitrogen functional groups attached to an aromatic ring is 1. The minimum Gasteiger partial charge on any atom is -0.461 e. The summed E-state index contributed by atoms with van der Waals surface area (Å²) in [5.41, 5.74) is 5.79. The Morgan fingerprint density at radius 1 is 1.30 bits per heavy atom. The maximum Gasteiger partial charge on any atom is 0.323 e. The van der Waals surface area contributed by atoms with E-state index >= 15 is 0 Å². The van der Waals surface area contributed by atoms with Crippen LogP contribution in [-0.2, 0) is 0 Å². The van der Waals surface area contributed by atoms with Crippen LogP contribution in [0.3, 0.4) is 0 Å². The summed E-state index contributed by atoms with van der Waals surface area (Å²) >= 11 is 3.26. The number of nitrogens with two attached hydrogens (primary N) is 1. The number of benzene rings is 1. The molecule has 0 unspecified atom stereocenters. The molecule has 0 saturated carbocycles. The molecule has 0 aliphatic rings. The molecule has 0 bridgehead atoms. The van der Waals surface area contributed by atoms with E-state index in [0.29, 0.717) is 0 Å². The number of hydrogen-bond donors (Lipinski definition) is 2. The smallest absolute Gasteiger partial charge is 0.323 e. The zero-order valence-electron chi connectivity index (χ0n) is 10.9. The maximum absolute atomic E-state index is 13.6. The largest absolute Gasteiger partial charge is 0.461 e. The first kappa shape index (κ1) is 14.4. The third kappa shape index (κ3) is 3.77. The van der Waals surface area contributed by atoms with Gasteiger partial charge in [0, 0.05) is 4.47 Å². The zero-order chi connectivity index (χ0) is 14.7. The van der Waals surface area contributed by atoms with Crippen LogP contribution in [0.1, 0.15) is 13.8 Å². The summed E-state index contributed by atoms with van der Waals surface area (Å²) < 4.78 is 19.7. The van der Waals surface area contributed by atoms with Gasteiger partial charge in [-0.05, 0) is 32.0 Å². The quantitative estimate of drug-likeness (QED) is 0.889. The van der Waals surface area contributed by atoms with Crippen LogP contribution < -0.4 is 15.8 Å². The molecule has 0 radical (unpaired) electrons. The number of aromatic nitrogens is 3. The fraction of sp³-hybridized carbons (Fsp3) is 0.250. The van der Waals surface area contributed by atoms with Gasteiger partial charge in [0.1, 0.15) is 5.82 Å². The van der Waals surface area contributed by atoms with Gasteiger partial charge in [0.15, 0.2) is 0 Å². The van der Waals surface area contributed by atoms with E-state index in [0.717, 1.165) is 4.47 Å². The van der Waals surface area contributed by atoms with Crippen molar-refractivity contribution in [3.8, 4) is 6.01 Å². The third-order valence-corrected chi connectivity index (χ3v) is 2.64. The predicted octanol–water partition coefficient (Wildman–Crippen LogP) is 2.89. The summed E-state index contributed by atoms with van der Waals surface area (Å²) in [5.74, 6) is -0.322. The van der Waals surface area contributed by atoms with E-state index in [4.69, 9.17) is 10.5 Å². The Bertz CT molecular complexity index is 623. The molecule has 6 nitrogen and oxygen atoms in total. The van der Waals surface area contributed by atoms with Gasteiger partial charge in [-0.25, -0.2) is 4.39 Å². The van der Waals surface area contributed by atoms with E-state index in [1.807, 2.05) is 13.8 Å². The Morgan fingerprint density at radius 3 is 2.75 bits per heavy atom. The number of halogens is 2. The molecular weight excluding hydrogens is 329 g/mol. The van der Waals surface area contributed by atoms with Gasteiger partial charge in [0.2, 0.25) is 11.9 Å². The van der Waals surface area contributed by atoms with Crippen LogP contribution in [0.25, 0.3) is 0 Å². The van der Waals surface area contributed by atoms with E-state index < -0.39 is 5.82 Å². The van der Waals surface area contributed by atoms with Gasteiger partial charge in [0.25, 0.3) is 0 Å². The average Bonchev–Trinajstić information content (AvgIpc) is 2.32. The zero-order valence-corrected chi connectivity index (χ0v) is 12.5. The van der Waals surface area contributed by atoms with Crippen molar-refractivity contribution in [2.75, 3.05) is 11.1 Å². The van der Waals surface area contributed by atoms with Crippen LogP contribution in [0.4, 0.5) is 22.0 Å². The molecule has 0 fully saturated rings. The highest BCUT2D eigenvalue weighted by Crippen LogP contribution is 2.23. The van der Waals surface area contributed by atoms with Crippen LogP contribution in [0.2, 0.25) is 0 Å². The molecule has 1 heterocycles. The van der Waals surface area contributed by atoms with Gasteiger partial charge in [-0.1, -0.05) is 15.9 Å². The fourth-order valence-electron chi connectivity index (χ4n) is 1.41. The second-order valence-corrected chi connectivity index (χ2v) is 5.13. The Labute approximate surface area is 123 Å². The van der Waals surface area contributed by atoms with Gasteiger partial charge in [-0.15, -0.1) is 0 Å². The molecular formula is C12H13BrFN5O.